The molecular weight excluding hydrogens is 479 g/mol. The van der Waals surface area contributed by atoms with E-state index in [0.29, 0.717) is 19.0 Å². The molecule has 2 rings (SSSR count). The Morgan fingerprint density at radius 1 is 1.17 bits per heavy atom. The molecule has 0 bridgehead atoms. The first-order valence-electron chi connectivity index (χ1n) is 9.59. The number of guanidine groups is 1. The Bertz CT molecular complexity index is 845. The van der Waals surface area contributed by atoms with Crippen LogP contribution in [0, 0.1) is 0 Å². The molecule has 29 heavy (non-hydrogen) atoms. The fourth-order valence-electron chi connectivity index (χ4n) is 2.72. The van der Waals surface area contributed by atoms with Crippen LogP contribution in [-0.2, 0) is 11.3 Å². The van der Waals surface area contributed by atoms with Gasteiger partial charge in [0.25, 0.3) is 0 Å². The maximum Gasteiger partial charge on any atom is 0.239 e. The summed E-state index contributed by atoms with van der Waals surface area (Å²) in [5.74, 6) is 1.44. The van der Waals surface area contributed by atoms with Crippen molar-refractivity contribution in [3.63, 3.8) is 0 Å². The molecule has 3 N–H and O–H groups in total. The molecule has 0 aliphatic heterocycles. The SMILES string of the molecule is CCNC(=NCc1cc(N(C)C)nc2ccccc12)NCC(=O)NC(C)(C)C.I. The zero-order chi connectivity index (χ0) is 20.7. The van der Waals surface area contributed by atoms with Crippen LogP contribution in [-0.4, -0.2) is 49.6 Å². The van der Waals surface area contributed by atoms with Crippen molar-refractivity contribution in [3.05, 3.63) is 35.9 Å². The Balaban J connectivity index is 0.00000420. The summed E-state index contributed by atoms with van der Waals surface area (Å²) in [6, 6.07) is 10.1. The van der Waals surface area contributed by atoms with Crippen LogP contribution in [0.3, 0.4) is 0 Å². The van der Waals surface area contributed by atoms with E-state index in [9.17, 15) is 4.79 Å². The van der Waals surface area contributed by atoms with Crippen molar-refractivity contribution in [3.8, 4) is 0 Å². The molecule has 0 saturated heterocycles. The highest BCUT2D eigenvalue weighted by molar-refractivity contribution is 14.0. The third-order valence-corrected chi connectivity index (χ3v) is 3.93. The predicted molar refractivity (Wildman–Crippen MR) is 132 cm³/mol. The van der Waals surface area contributed by atoms with Gasteiger partial charge < -0.3 is 20.9 Å². The van der Waals surface area contributed by atoms with E-state index in [1.54, 1.807) is 0 Å². The first kappa shape index (κ1) is 24.9. The van der Waals surface area contributed by atoms with E-state index in [0.717, 1.165) is 22.3 Å². The summed E-state index contributed by atoms with van der Waals surface area (Å²) in [5.41, 5.74) is 1.78. The van der Waals surface area contributed by atoms with Crippen LogP contribution >= 0.6 is 24.0 Å². The lowest BCUT2D eigenvalue weighted by atomic mass is 10.1. The van der Waals surface area contributed by atoms with Crippen molar-refractivity contribution >= 4 is 52.6 Å². The number of carbonyl (C=O) groups is 1. The van der Waals surface area contributed by atoms with Gasteiger partial charge in [-0.2, -0.15) is 0 Å². The summed E-state index contributed by atoms with van der Waals surface area (Å²) in [4.78, 5) is 23.4. The van der Waals surface area contributed by atoms with Crippen LogP contribution in [0.4, 0.5) is 5.82 Å². The maximum atomic E-state index is 12.1. The Kier molecular flexibility index (Phi) is 9.61. The second-order valence-electron chi connectivity index (χ2n) is 7.90. The summed E-state index contributed by atoms with van der Waals surface area (Å²) >= 11 is 0. The number of para-hydroxylation sites is 1. The zero-order valence-corrected chi connectivity index (χ0v) is 20.5. The molecule has 160 valence electrons. The number of aromatic nitrogens is 1. The highest BCUT2D eigenvalue weighted by Crippen LogP contribution is 2.22. The number of rotatable bonds is 6. The number of pyridine rings is 1. The van der Waals surface area contributed by atoms with Gasteiger partial charge in [0, 0.05) is 31.6 Å². The average molecular weight is 512 g/mol. The van der Waals surface area contributed by atoms with E-state index in [-0.39, 0.29) is 42.0 Å². The molecule has 0 radical (unpaired) electrons. The Morgan fingerprint density at radius 2 is 1.86 bits per heavy atom. The number of amides is 1. The Labute approximate surface area is 190 Å². The number of anilines is 1. The maximum absolute atomic E-state index is 12.1. The van der Waals surface area contributed by atoms with Gasteiger partial charge in [-0.05, 0) is 45.4 Å². The van der Waals surface area contributed by atoms with Crippen LogP contribution < -0.4 is 20.9 Å². The molecule has 0 atom stereocenters. The van der Waals surface area contributed by atoms with Crippen molar-refractivity contribution in [2.24, 2.45) is 4.99 Å². The molecule has 2 aromatic rings. The van der Waals surface area contributed by atoms with Gasteiger partial charge in [-0.15, -0.1) is 24.0 Å². The second-order valence-corrected chi connectivity index (χ2v) is 7.90. The number of halogens is 1. The lowest BCUT2D eigenvalue weighted by Crippen LogP contribution is -2.48. The quantitative estimate of drug-likeness (QED) is 0.315. The van der Waals surface area contributed by atoms with E-state index >= 15 is 0 Å². The third kappa shape index (κ3) is 8.04. The van der Waals surface area contributed by atoms with Crippen LogP contribution in [0.25, 0.3) is 10.9 Å². The molecule has 0 spiro atoms. The third-order valence-electron chi connectivity index (χ3n) is 3.93. The van der Waals surface area contributed by atoms with Gasteiger partial charge in [-0.3, -0.25) is 4.79 Å². The van der Waals surface area contributed by atoms with Gasteiger partial charge in [0.15, 0.2) is 5.96 Å². The number of fused-ring (bicyclic) bond motifs is 1. The molecule has 1 aromatic heterocycles. The van der Waals surface area contributed by atoms with Crippen molar-refractivity contribution in [1.82, 2.24) is 20.9 Å². The first-order chi connectivity index (χ1) is 13.2. The van der Waals surface area contributed by atoms with Gasteiger partial charge in [0.1, 0.15) is 5.82 Å². The van der Waals surface area contributed by atoms with Gasteiger partial charge in [0.05, 0.1) is 18.6 Å². The van der Waals surface area contributed by atoms with Crippen molar-refractivity contribution < 1.29 is 4.79 Å². The molecule has 8 heteroatoms. The van der Waals surface area contributed by atoms with Crippen LogP contribution in [0.5, 0.6) is 0 Å². The lowest BCUT2D eigenvalue weighted by Gasteiger charge is -2.21. The van der Waals surface area contributed by atoms with Gasteiger partial charge >= 0.3 is 0 Å². The number of hydrogen-bond donors (Lipinski definition) is 3. The number of hydrogen-bond acceptors (Lipinski definition) is 4. The minimum atomic E-state index is -0.257. The second kappa shape index (κ2) is 11.2. The van der Waals surface area contributed by atoms with E-state index in [1.807, 2.05) is 64.9 Å². The Hall–Kier alpha value is -2.10. The van der Waals surface area contributed by atoms with Crippen molar-refractivity contribution in [1.29, 1.82) is 0 Å². The zero-order valence-electron chi connectivity index (χ0n) is 18.2. The number of nitrogens with one attached hydrogen (secondary N) is 3. The normalized spacial score (nSPS) is 11.6. The predicted octanol–water partition coefficient (Wildman–Crippen LogP) is 2.89. The fourth-order valence-corrected chi connectivity index (χ4v) is 2.72. The minimum absolute atomic E-state index is 0. The lowest BCUT2D eigenvalue weighted by molar-refractivity contribution is -0.121. The van der Waals surface area contributed by atoms with Crippen LogP contribution in [0.15, 0.2) is 35.3 Å². The van der Waals surface area contributed by atoms with E-state index < -0.39 is 0 Å². The largest absolute Gasteiger partial charge is 0.363 e. The summed E-state index contributed by atoms with van der Waals surface area (Å²) in [7, 11) is 3.95. The average Bonchev–Trinajstić information content (AvgIpc) is 2.62. The van der Waals surface area contributed by atoms with E-state index in [2.05, 4.69) is 38.1 Å². The highest BCUT2D eigenvalue weighted by Gasteiger charge is 2.14. The van der Waals surface area contributed by atoms with Gasteiger partial charge in [-0.1, -0.05) is 18.2 Å². The molecule has 1 heterocycles. The summed E-state index contributed by atoms with van der Waals surface area (Å²) in [5, 5.41) is 10.3. The standard InChI is InChI=1S/C21H32N6O.HI/c1-7-22-20(24-14-19(28)26-21(2,3)4)23-13-15-12-18(27(5)6)25-17-11-9-8-10-16(15)17;/h8-12H,7,13-14H2,1-6H3,(H,26,28)(H2,22,23,24);1H. The first-order valence-corrected chi connectivity index (χ1v) is 9.59. The fraction of sp³-hybridized carbons (Fsp3) is 0.476. The molecular formula is C21H33IN6O. The molecule has 0 saturated carbocycles. The summed E-state index contributed by atoms with van der Waals surface area (Å²) in [6.07, 6.45) is 0. The number of carbonyl (C=O) groups excluding carboxylic acids is 1. The van der Waals surface area contributed by atoms with E-state index in [4.69, 9.17) is 0 Å². The molecule has 0 aliphatic rings. The summed E-state index contributed by atoms with van der Waals surface area (Å²) < 4.78 is 0. The van der Waals surface area contributed by atoms with Crippen LogP contribution in [0.1, 0.15) is 33.3 Å². The molecule has 0 aliphatic carbocycles. The molecule has 1 amide bonds. The summed E-state index contributed by atoms with van der Waals surface area (Å²) in [6.45, 7) is 9.25. The van der Waals surface area contributed by atoms with E-state index in [1.165, 1.54) is 0 Å². The monoisotopic (exact) mass is 512 g/mol. The molecule has 7 nitrogen and oxygen atoms in total. The number of benzene rings is 1. The van der Waals surface area contributed by atoms with Crippen molar-refractivity contribution in [2.45, 2.75) is 39.8 Å². The smallest absolute Gasteiger partial charge is 0.239 e. The van der Waals surface area contributed by atoms with Crippen molar-refractivity contribution in [2.75, 3.05) is 32.1 Å². The molecule has 0 fully saturated rings. The number of nitrogens with zero attached hydrogens (tertiary/aromatic N) is 3. The van der Waals surface area contributed by atoms with Gasteiger partial charge in [-0.25, -0.2) is 9.98 Å². The Morgan fingerprint density at radius 3 is 2.48 bits per heavy atom. The number of aliphatic imine (C=N–C) groups is 1. The topological polar surface area (TPSA) is 81.7 Å². The molecule has 1 aromatic carbocycles. The molecule has 0 unspecified atom stereocenters. The highest BCUT2D eigenvalue weighted by atomic mass is 127. The van der Waals surface area contributed by atoms with Gasteiger partial charge in [0.2, 0.25) is 5.91 Å². The van der Waals surface area contributed by atoms with Crippen LogP contribution in [0.2, 0.25) is 0 Å². The minimum Gasteiger partial charge on any atom is -0.363 e.